The van der Waals surface area contributed by atoms with Gasteiger partial charge in [0.15, 0.2) is 23.3 Å². The smallest absolute Gasteiger partial charge is 0.200 e. The van der Waals surface area contributed by atoms with Crippen molar-refractivity contribution in [2.75, 3.05) is 31.2 Å². The van der Waals surface area contributed by atoms with Crippen LogP contribution in [0.4, 0.5) is 27.6 Å². The van der Waals surface area contributed by atoms with Gasteiger partial charge in [0.2, 0.25) is 5.82 Å². The van der Waals surface area contributed by atoms with E-state index in [1.54, 1.807) is 0 Å². The molecule has 1 aliphatic heterocycles. The molecule has 2 rings (SSSR count). The minimum absolute atomic E-state index is 0.0817. The van der Waals surface area contributed by atoms with E-state index in [1.807, 2.05) is 0 Å². The van der Waals surface area contributed by atoms with Gasteiger partial charge >= 0.3 is 0 Å². The number of hydrogen-bond donors (Lipinski definition) is 0. The van der Waals surface area contributed by atoms with Gasteiger partial charge in [0.25, 0.3) is 0 Å². The van der Waals surface area contributed by atoms with Crippen LogP contribution in [0, 0.1) is 29.1 Å². The number of rotatable bonds is 1. The summed E-state index contributed by atoms with van der Waals surface area (Å²) < 4.78 is 70.4. The zero-order valence-corrected chi connectivity index (χ0v) is 8.57. The molecule has 1 aromatic rings. The van der Waals surface area contributed by atoms with Crippen molar-refractivity contribution < 1.29 is 26.7 Å². The lowest BCUT2D eigenvalue weighted by molar-refractivity contribution is 0.122. The maximum atomic E-state index is 13.4. The summed E-state index contributed by atoms with van der Waals surface area (Å²) >= 11 is 0. The van der Waals surface area contributed by atoms with Gasteiger partial charge in [-0.25, -0.2) is 22.0 Å². The van der Waals surface area contributed by atoms with Crippen LogP contribution in [0.3, 0.4) is 0 Å². The highest BCUT2D eigenvalue weighted by atomic mass is 19.2. The molecule has 1 saturated heterocycles. The molecule has 94 valence electrons. The molecule has 7 heteroatoms. The summed E-state index contributed by atoms with van der Waals surface area (Å²) in [5, 5.41) is 0. The molecule has 0 bridgehead atoms. The third-order valence-electron chi connectivity index (χ3n) is 2.51. The molecule has 0 radical (unpaired) electrons. The SMILES string of the molecule is Fc1c(F)c(F)c(N2CCOCC2)c(F)c1F. The second-order valence-corrected chi connectivity index (χ2v) is 3.52. The lowest BCUT2D eigenvalue weighted by Crippen LogP contribution is -2.37. The van der Waals surface area contributed by atoms with Crippen LogP contribution in [-0.2, 0) is 4.74 Å². The van der Waals surface area contributed by atoms with Crippen LogP contribution in [0.1, 0.15) is 0 Å². The fourth-order valence-electron chi connectivity index (χ4n) is 1.66. The molecular weight excluding hydrogens is 245 g/mol. The predicted octanol–water partition coefficient (Wildman–Crippen LogP) is 2.22. The maximum Gasteiger partial charge on any atom is 0.200 e. The highest BCUT2D eigenvalue weighted by Gasteiger charge is 2.29. The molecule has 0 unspecified atom stereocenters. The lowest BCUT2D eigenvalue weighted by Gasteiger charge is -2.29. The molecule has 17 heavy (non-hydrogen) atoms. The van der Waals surface area contributed by atoms with Crippen LogP contribution < -0.4 is 4.90 Å². The van der Waals surface area contributed by atoms with Gasteiger partial charge in [-0.15, -0.1) is 0 Å². The maximum absolute atomic E-state index is 13.4. The van der Waals surface area contributed by atoms with Crippen molar-refractivity contribution >= 4 is 5.69 Å². The summed E-state index contributed by atoms with van der Waals surface area (Å²) in [6.07, 6.45) is 0. The minimum atomic E-state index is -2.14. The molecule has 1 aliphatic rings. The topological polar surface area (TPSA) is 12.5 Å². The molecule has 1 heterocycles. The Bertz CT molecular complexity index is 416. The van der Waals surface area contributed by atoms with Crippen LogP contribution in [-0.4, -0.2) is 26.3 Å². The van der Waals surface area contributed by atoms with E-state index in [-0.39, 0.29) is 26.3 Å². The normalized spacial score (nSPS) is 16.4. The first-order valence-corrected chi connectivity index (χ1v) is 4.88. The summed E-state index contributed by atoms with van der Waals surface area (Å²) in [5.74, 6) is -9.60. The Labute approximate surface area is 93.6 Å². The van der Waals surface area contributed by atoms with Crippen molar-refractivity contribution in [1.82, 2.24) is 0 Å². The first-order chi connectivity index (χ1) is 8.04. The Hall–Kier alpha value is -1.37. The average Bonchev–Trinajstić information content (AvgIpc) is 2.36. The molecule has 0 spiro atoms. The van der Waals surface area contributed by atoms with Gasteiger partial charge in [0.1, 0.15) is 5.69 Å². The predicted molar refractivity (Wildman–Crippen MR) is 49.3 cm³/mol. The number of hydrogen-bond acceptors (Lipinski definition) is 2. The van der Waals surface area contributed by atoms with Gasteiger partial charge in [-0.1, -0.05) is 0 Å². The summed E-state index contributed by atoms with van der Waals surface area (Å²) in [7, 11) is 0. The summed E-state index contributed by atoms with van der Waals surface area (Å²) in [6.45, 7) is 0.524. The minimum Gasteiger partial charge on any atom is -0.378 e. The van der Waals surface area contributed by atoms with Crippen molar-refractivity contribution in [2.45, 2.75) is 0 Å². The largest absolute Gasteiger partial charge is 0.378 e. The Morgan fingerprint density at radius 3 is 1.59 bits per heavy atom. The third-order valence-corrected chi connectivity index (χ3v) is 2.51. The van der Waals surface area contributed by atoms with Gasteiger partial charge in [-0.3, -0.25) is 0 Å². The van der Waals surface area contributed by atoms with Crippen LogP contribution in [0.15, 0.2) is 0 Å². The highest BCUT2D eigenvalue weighted by Crippen LogP contribution is 2.30. The van der Waals surface area contributed by atoms with Gasteiger partial charge in [0, 0.05) is 13.1 Å². The summed E-state index contributed by atoms with van der Waals surface area (Å²) in [4.78, 5) is 1.08. The van der Waals surface area contributed by atoms with Crippen LogP contribution in [0.5, 0.6) is 0 Å². The Balaban J connectivity index is 2.52. The second kappa shape index (κ2) is 4.48. The van der Waals surface area contributed by atoms with E-state index in [1.165, 1.54) is 0 Å². The quantitative estimate of drug-likeness (QED) is 0.432. The van der Waals surface area contributed by atoms with E-state index < -0.39 is 34.8 Å². The fraction of sp³-hybridized carbons (Fsp3) is 0.400. The van der Waals surface area contributed by atoms with Crippen molar-refractivity contribution in [3.8, 4) is 0 Å². The number of nitrogens with zero attached hydrogens (tertiary/aromatic N) is 1. The van der Waals surface area contributed by atoms with E-state index >= 15 is 0 Å². The zero-order valence-electron chi connectivity index (χ0n) is 8.57. The van der Waals surface area contributed by atoms with Gasteiger partial charge in [-0.05, 0) is 0 Å². The number of ether oxygens (including phenoxy) is 1. The number of morpholine rings is 1. The van der Waals surface area contributed by atoms with Crippen LogP contribution >= 0.6 is 0 Å². The molecule has 0 N–H and O–H groups in total. The zero-order chi connectivity index (χ0) is 12.6. The molecule has 0 saturated carbocycles. The Kier molecular flexibility index (Phi) is 3.19. The summed E-state index contributed by atoms with van der Waals surface area (Å²) in [5.41, 5.74) is -0.885. The van der Waals surface area contributed by atoms with Gasteiger partial charge in [-0.2, -0.15) is 0 Å². The first kappa shape index (κ1) is 12.1. The van der Waals surface area contributed by atoms with Gasteiger partial charge < -0.3 is 9.64 Å². The second-order valence-electron chi connectivity index (χ2n) is 3.52. The van der Waals surface area contributed by atoms with Crippen LogP contribution in [0.2, 0.25) is 0 Å². The Morgan fingerprint density at radius 2 is 1.12 bits per heavy atom. The Morgan fingerprint density at radius 1 is 0.706 bits per heavy atom. The monoisotopic (exact) mass is 253 g/mol. The first-order valence-electron chi connectivity index (χ1n) is 4.88. The molecule has 0 amide bonds. The van der Waals surface area contributed by atoms with Crippen LogP contribution in [0.25, 0.3) is 0 Å². The lowest BCUT2D eigenvalue weighted by atomic mass is 10.2. The third kappa shape index (κ3) is 1.95. The van der Waals surface area contributed by atoms with E-state index in [9.17, 15) is 22.0 Å². The molecular formula is C10H8F5NO. The standard InChI is InChI=1S/C10H8F5NO/c11-5-6(12)8(14)10(9(15)7(5)13)16-1-3-17-4-2-16/h1-4H2. The van der Waals surface area contributed by atoms with Crippen molar-refractivity contribution in [3.63, 3.8) is 0 Å². The van der Waals surface area contributed by atoms with E-state index in [0.29, 0.717) is 0 Å². The fourth-order valence-corrected chi connectivity index (χ4v) is 1.66. The van der Waals surface area contributed by atoms with Gasteiger partial charge in [0.05, 0.1) is 13.2 Å². The molecule has 0 atom stereocenters. The van der Waals surface area contributed by atoms with Crippen molar-refractivity contribution in [2.24, 2.45) is 0 Å². The molecule has 0 aliphatic carbocycles. The van der Waals surface area contributed by atoms with E-state index in [4.69, 9.17) is 4.74 Å². The van der Waals surface area contributed by atoms with E-state index in [0.717, 1.165) is 4.90 Å². The molecule has 1 fully saturated rings. The molecule has 0 aromatic heterocycles. The highest BCUT2D eigenvalue weighted by molar-refractivity contribution is 5.50. The number of benzene rings is 1. The molecule has 1 aromatic carbocycles. The average molecular weight is 253 g/mol. The number of anilines is 1. The van der Waals surface area contributed by atoms with Crippen molar-refractivity contribution in [1.29, 1.82) is 0 Å². The van der Waals surface area contributed by atoms with E-state index in [2.05, 4.69) is 0 Å². The summed E-state index contributed by atoms with van der Waals surface area (Å²) in [6, 6.07) is 0. The molecule has 2 nitrogen and oxygen atoms in total. The number of halogens is 5. The van der Waals surface area contributed by atoms with Crippen molar-refractivity contribution in [3.05, 3.63) is 29.1 Å².